The quantitative estimate of drug-likeness (QED) is 0.669. The van der Waals surface area contributed by atoms with Crippen molar-refractivity contribution >= 4 is 28.9 Å². The second-order valence-corrected chi connectivity index (χ2v) is 5.60. The highest BCUT2D eigenvalue weighted by Crippen LogP contribution is 2.31. The number of rotatable bonds is 4. The molecule has 0 aromatic heterocycles. The van der Waals surface area contributed by atoms with Gasteiger partial charge in [0.15, 0.2) is 0 Å². The van der Waals surface area contributed by atoms with Crippen molar-refractivity contribution in [2.45, 2.75) is 6.04 Å². The molecule has 2 rings (SSSR count). The summed E-state index contributed by atoms with van der Waals surface area (Å²) in [4.78, 5) is 2.04. The lowest BCUT2D eigenvalue weighted by Crippen LogP contribution is -2.29. The molecule has 0 heterocycles. The van der Waals surface area contributed by atoms with Crippen molar-refractivity contribution in [3.8, 4) is 0 Å². The van der Waals surface area contributed by atoms with Crippen LogP contribution < -0.4 is 16.2 Å². The van der Waals surface area contributed by atoms with Crippen molar-refractivity contribution in [3.05, 3.63) is 63.6 Å². The normalized spacial score (nSPS) is 12.2. The van der Waals surface area contributed by atoms with E-state index in [2.05, 4.69) is 11.5 Å². The Labute approximate surface area is 129 Å². The standard InChI is InChI=1S/C15H17Cl2N3/c1-20(2)12-5-3-4-10(8-12)15(19-18)13-9-11(16)6-7-14(13)17/h3-9,15,19H,18H2,1-2H3. The van der Waals surface area contributed by atoms with Crippen molar-refractivity contribution in [2.24, 2.45) is 5.84 Å². The average molecular weight is 310 g/mol. The summed E-state index contributed by atoms with van der Waals surface area (Å²) in [6.45, 7) is 0. The molecule has 3 nitrogen and oxygen atoms in total. The van der Waals surface area contributed by atoms with Crippen LogP contribution in [0.4, 0.5) is 5.69 Å². The highest BCUT2D eigenvalue weighted by molar-refractivity contribution is 6.33. The van der Waals surface area contributed by atoms with Crippen LogP contribution in [-0.2, 0) is 0 Å². The minimum atomic E-state index is -0.207. The monoisotopic (exact) mass is 309 g/mol. The van der Waals surface area contributed by atoms with Gasteiger partial charge >= 0.3 is 0 Å². The molecule has 106 valence electrons. The van der Waals surface area contributed by atoms with Crippen LogP contribution in [0.3, 0.4) is 0 Å². The molecule has 3 N–H and O–H groups in total. The Bertz CT molecular complexity index is 599. The van der Waals surface area contributed by atoms with Gasteiger partial charge in [0.05, 0.1) is 6.04 Å². The van der Waals surface area contributed by atoms with Crippen LogP contribution >= 0.6 is 23.2 Å². The lowest BCUT2D eigenvalue weighted by atomic mass is 9.98. The highest BCUT2D eigenvalue weighted by Gasteiger charge is 2.16. The first-order valence-corrected chi connectivity index (χ1v) is 6.97. The van der Waals surface area contributed by atoms with E-state index in [1.54, 1.807) is 12.1 Å². The molecule has 2 aromatic rings. The molecule has 1 atom stereocenters. The van der Waals surface area contributed by atoms with E-state index in [-0.39, 0.29) is 6.04 Å². The Kier molecular flexibility index (Phi) is 4.89. The van der Waals surface area contributed by atoms with Gasteiger partial charge in [-0.25, -0.2) is 5.43 Å². The smallest absolute Gasteiger partial charge is 0.0725 e. The number of nitrogens with one attached hydrogen (secondary N) is 1. The Morgan fingerprint density at radius 1 is 1.10 bits per heavy atom. The molecule has 0 bridgehead atoms. The lowest BCUT2D eigenvalue weighted by molar-refractivity contribution is 0.637. The predicted octanol–water partition coefficient (Wildman–Crippen LogP) is 3.61. The summed E-state index contributed by atoms with van der Waals surface area (Å²) in [6.07, 6.45) is 0. The summed E-state index contributed by atoms with van der Waals surface area (Å²) in [7, 11) is 3.99. The van der Waals surface area contributed by atoms with E-state index in [9.17, 15) is 0 Å². The predicted molar refractivity (Wildman–Crippen MR) is 86.4 cm³/mol. The zero-order valence-electron chi connectivity index (χ0n) is 11.4. The molecular weight excluding hydrogens is 293 g/mol. The molecule has 0 saturated carbocycles. The number of nitrogens with two attached hydrogens (primary N) is 1. The molecule has 1 unspecified atom stereocenters. The Morgan fingerprint density at radius 3 is 2.50 bits per heavy atom. The maximum Gasteiger partial charge on any atom is 0.0725 e. The van der Waals surface area contributed by atoms with Crippen molar-refractivity contribution in [3.63, 3.8) is 0 Å². The second-order valence-electron chi connectivity index (χ2n) is 4.75. The number of anilines is 1. The largest absolute Gasteiger partial charge is 0.378 e. The van der Waals surface area contributed by atoms with Gasteiger partial charge in [-0.15, -0.1) is 0 Å². The van der Waals surface area contributed by atoms with Crippen molar-refractivity contribution in [1.82, 2.24) is 5.43 Å². The molecule has 0 amide bonds. The lowest BCUT2D eigenvalue weighted by Gasteiger charge is -2.21. The van der Waals surface area contributed by atoms with Crippen LogP contribution in [0.15, 0.2) is 42.5 Å². The zero-order valence-corrected chi connectivity index (χ0v) is 12.9. The third-order valence-electron chi connectivity index (χ3n) is 3.16. The first-order chi connectivity index (χ1) is 9.52. The Hall–Kier alpha value is -1.26. The zero-order chi connectivity index (χ0) is 14.7. The van der Waals surface area contributed by atoms with Crippen LogP contribution in [0, 0.1) is 0 Å². The van der Waals surface area contributed by atoms with Gasteiger partial charge in [-0.05, 0) is 41.5 Å². The molecule has 0 radical (unpaired) electrons. The fraction of sp³-hybridized carbons (Fsp3) is 0.200. The summed E-state index contributed by atoms with van der Waals surface area (Å²) in [6, 6.07) is 13.3. The van der Waals surface area contributed by atoms with Crippen LogP contribution in [0.1, 0.15) is 17.2 Å². The maximum atomic E-state index is 6.26. The minimum absolute atomic E-state index is 0.207. The van der Waals surface area contributed by atoms with Gasteiger partial charge in [0, 0.05) is 29.8 Å². The summed E-state index contributed by atoms with van der Waals surface area (Å²) in [5.41, 5.74) is 5.79. The van der Waals surface area contributed by atoms with Gasteiger partial charge in [-0.1, -0.05) is 35.3 Å². The fourth-order valence-electron chi connectivity index (χ4n) is 2.08. The summed E-state index contributed by atoms with van der Waals surface area (Å²) < 4.78 is 0. The van der Waals surface area contributed by atoms with E-state index in [0.29, 0.717) is 10.0 Å². The number of halogens is 2. The Balaban J connectivity index is 2.46. The van der Waals surface area contributed by atoms with E-state index in [0.717, 1.165) is 16.8 Å². The summed E-state index contributed by atoms with van der Waals surface area (Å²) >= 11 is 12.3. The van der Waals surface area contributed by atoms with Gasteiger partial charge in [0.1, 0.15) is 0 Å². The molecular formula is C15H17Cl2N3. The van der Waals surface area contributed by atoms with Crippen LogP contribution in [0.2, 0.25) is 10.0 Å². The van der Waals surface area contributed by atoms with Crippen LogP contribution in [-0.4, -0.2) is 14.1 Å². The van der Waals surface area contributed by atoms with Crippen molar-refractivity contribution < 1.29 is 0 Å². The van der Waals surface area contributed by atoms with Gasteiger partial charge in [0.2, 0.25) is 0 Å². The number of nitrogens with zero attached hydrogens (tertiary/aromatic N) is 1. The number of hydrazine groups is 1. The highest BCUT2D eigenvalue weighted by atomic mass is 35.5. The van der Waals surface area contributed by atoms with E-state index < -0.39 is 0 Å². The fourth-order valence-corrected chi connectivity index (χ4v) is 2.49. The van der Waals surface area contributed by atoms with Gasteiger partial charge in [0.25, 0.3) is 0 Å². The Morgan fingerprint density at radius 2 is 1.85 bits per heavy atom. The van der Waals surface area contributed by atoms with Gasteiger partial charge in [-0.3, -0.25) is 5.84 Å². The second kappa shape index (κ2) is 6.46. The minimum Gasteiger partial charge on any atom is -0.378 e. The maximum absolute atomic E-state index is 6.26. The first-order valence-electron chi connectivity index (χ1n) is 6.21. The van der Waals surface area contributed by atoms with E-state index in [1.807, 2.05) is 43.3 Å². The van der Waals surface area contributed by atoms with Crippen LogP contribution in [0.5, 0.6) is 0 Å². The topological polar surface area (TPSA) is 41.3 Å². The van der Waals surface area contributed by atoms with E-state index in [4.69, 9.17) is 29.0 Å². The number of hydrogen-bond donors (Lipinski definition) is 2. The van der Waals surface area contributed by atoms with E-state index >= 15 is 0 Å². The number of benzene rings is 2. The molecule has 0 saturated heterocycles. The molecule has 0 aliphatic carbocycles. The third-order valence-corrected chi connectivity index (χ3v) is 3.73. The average Bonchev–Trinajstić information content (AvgIpc) is 2.44. The van der Waals surface area contributed by atoms with Gasteiger partial charge < -0.3 is 4.90 Å². The molecule has 0 aliphatic heterocycles. The molecule has 20 heavy (non-hydrogen) atoms. The van der Waals surface area contributed by atoms with E-state index in [1.165, 1.54) is 0 Å². The molecule has 5 heteroatoms. The molecule has 2 aromatic carbocycles. The van der Waals surface area contributed by atoms with Crippen molar-refractivity contribution in [2.75, 3.05) is 19.0 Å². The first kappa shape index (κ1) is 15.1. The molecule has 0 fully saturated rings. The SMILES string of the molecule is CN(C)c1cccc(C(NN)c2cc(Cl)ccc2Cl)c1. The van der Waals surface area contributed by atoms with Gasteiger partial charge in [-0.2, -0.15) is 0 Å². The summed E-state index contributed by atoms with van der Waals surface area (Å²) in [5, 5.41) is 1.26. The third kappa shape index (κ3) is 3.25. The summed E-state index contributed by atoms with van der Waals surface area (Å²) in [5.74, 6) is 5.72. The molecule has 0 spiro atoms. The molecule has 0 aliphatic rings. The number of hydrogen-bond acceptors (Lipinski definition) is 3. The van der Waals surface area contributed by atoms with Crippen LogP contribution in [0.25, 0.3) is 0 Å². The van der Waals surface area contributed by atoms with Crippen molar-refractivity contribution in [1.29, 1.82) is 0 Å².